The Morgan fingerprint density at radius 2 is 1.18 bits per heavy atom. The molecule has 0 radical (unpaired) electrons. The Hall–Kier alpha value is -6.04. The van der Waals surface area contributed by atoms with Crippen LogP contribution in [0.4, 0.5) is 9.59 Å². The molecule has 0 heterocycles. The van der Waals surface area contributed by atoms with Crippen LogP contribution in [0.25, 0.3) is 0 Å². The van der Waals surface area contributed by atoms with Crippen LogP contribution in [0.5, 0.6) is 11.5 Å². The summed E-state index contributed by atoms with van der Waals surface area (Å²) in [5.41, 5.74) is 3.01. The molecule has 0 saturated carbocycles. The molecule has 0 saturated heterocycles. The van der Waals surface area contributed by atoms with Gasteiger partial charge in [0.2, 0.25) is 5.91 Å². The minimum atomic E-state index is -1.26. The number of ether oxygens (including phenoxy) is 3. The number of nitrogens with one attached hydrogen (secondary N) is 3. The van der Waals surface area contributed by atoms with E-state index in [2.05, 4.69) is 16.0 Å². The number of hydrogen-bond acceptors (Lipinski definition) is 8. The maximum atomic E-state index is 13.5. The Morgan fingerprint density at radius 3 is 1.76 bits per heavy atom. The van der Waals surface area contributed by atoms with Crippen LogP contribution in [0.3, 0.4) is 0 Å². The average molecular weight is 684 g/mol. The number of carbonyl (C=O) groups excluding carboxylic acids is 3. The molecular weight excluding hydrogens is 642 g/mol. The monoisotopic (exact) mass is 683 g/mol. The van der Waals surface area contributed by atoms with Crippen LogP contribution in [0.1, 0.15) is 41.5 Å². The predicted molar refractivity (Wildman–Crippen MR) is 184 cm³/mol. The molecule has 2 atom stereocenters. The first-order valence-electron chi connectivity index (χ1n) is 16.2. The fourth-order valence-electron chi connectivity index (χ4n) is 4.86. The molecule has 0 aliphatic rings. The highest BCUT2D eigenvalue weighted by atomic mass is 16.6. The Bertz CT molecular complexity index is 1670. The quantitative estimate of drug-likeness (QED) is 0.0852. The Labute approximate surface area is 290 Å². The number of aromatic hydroxyl groups is 1. The van der Waals surface area contributed by atoms with Crippen molar-refractivity contribution in [3.63, 3.8) is 0 Å². The predicted octanol–water partition coefficient (Wildman–Crippen LogP) is 5.47. The van der Waals surface area contributed by atoms with Gasteiger partial charge in [0.15, 0.2) is 11.5 Å². The first-order valence-corrected chi connectivity index (χ1v) is 16.2. The smallest absolute Gasteiger partial charge is 0.408 e. The second-order valence-corrected chi connectivity index (χ2v) is 11.4. The molecule has 0 unspecified atom stereocenters. The second kappa shape index (κ2) is 19.7. The van der Waals surface area contributed by atoms with Gasteiger partial charge in [-0.05, 0) is 53.6 Å². The molecule has 4 aromatic rings. The highest BCUT2D eigenvalue weighted by Gasteiger charge is 2.27. The minimum absolute atomic E-state index is 0.0384. The molecule has 12 heteroatoms. The topological polar surface area (TPSA) is 173 Å². The fourth-order valence-corrected chi connectivity index (χ4v) is 4.86. The van der Waals surface area contributed by atoms with Gasteiger partial charge in [-0.15, -0.1) is 0 Å². The number of phenols is 1. The SMILES string of the molecule is O=C(NCCCC[C@H](NC(=O)[C@H](Cc1ccc(O)c(OCc2ccccc2)c1)NC(=O)OCc1ccccc1)C(=O)O)OCc1ccccc1. The third-order valence-corrected chi connectivity index (χ3v) is 7.54. The van der Waals surface area contributed by atoms with Gasteiger partial charge in [-0.1, -0.05) is 97.1 Å². The summed E-state index contributed by atoms with van der Waals surface area (Å²) < 4.78 is 16.3. The van der Waals surface area contributed by atoms with Crippen molar-refractivity contribution in [2.45, 2.75) is 57.6 Å². The lowest BCUT2D eigenvalue weighted by atomic mass is 10.0. The summed E-state index contributed by atoms with van der Waals surface area (Å²) in [6.07, 6.45) is -0.641. The van der Waals surface area contributed by atoms with Gasteiger partial charge in [-0.25, -0.2) is 14.4 Å². The zero-order chi connectivity index (χ0) is 35.6. The lowest BCUT2D eigenvalue weighted by molar-refractivity contribution is -0.142. The van der Waals surface area contributed by atoms with Crippen molar-refractivity contribution in [1.82, 2.24) is 16.0 Å². The van der Waals surface area contributed by atoms with E-state index in [0.29, 0.717) is 18.4 Å². The summed E-state index contributed by atoms with van der Waals surface area (Å²) >= 11 is 0. The van der Waals surface area contributed by atoms with Crippen molar-refractivity contribution < 1.29 is 43.6 Å². The van der Waals surface area contributed by atoms with Gasteiger partial charge in [0.25, 0.3) is 0 Å². The molecule has 50 heavy (non-hydrogen) atoms. The van der Waals surface area contributed by atoms with E-state index < -0.39 is 36.1 Å². The lowest BCUT2D eigenvalue weighted by Crippen LogP contribution is -2.52. The van der Waals surface area contributed by atoms with E-state index in [1.54, 1.807) is 36.4 Å². The second-order valence-electron chi connectivity index (χ2n) is 11.4. The molecule has 4 aromatic carbocycles. The van der Waals surface area contributed by atoms with Crippen molar-refractivity contribution in [3.8, 4) is 11.5 Å². The first kappa shape index (κ1) is 36.8. The Balaban J connectivity index is 1.34. The van der Waals surface area contributed by atoms with Crippen LogP contribution in [0.15, 0.2) is 109 Å². The number of carboxylic acid groups (broad SMARTS) is 1. The molecule has 12 nitrogen and oxygen atoms in total. The van der Waals surface area contributed by atoms with Gasteiger partial charge in [-0.3, -0.25) is 4.79 Å². The van der Waals surface area contributed by atoms with Crippen LogP contribution in [0.2, 0.25) is 0 Å². The van der Waals surface area contributed by atoms with Gasteiger partial charge < -0.3 is 40.4 Å². The van der Waals surface area contributed by atoms with Gasteiger partial charge in [-0.2, -0.15) is 0 Å². The Kier molecular flexibility index (Phi) is 14.5. The number of carbonyl (C=O) groups is 4. The van der Waals surface area contributed by atoms with Gasteiger partial charge in [0.1, 0.15) is 31.9 Å². The normalized spacial score (nSPS) is 11.8. The van der Waals surface area contributed by atoms with Crippen LogP contribution < -0.4 is 20.7 Å². The van der Waals surface area contributed by atoms with Crippen molar-refractivity contribution in [2.24, 2.45) is 0 Å². The van der Waals surface area contributed by atoms with Gasteiger partial charge in [0.05, 0.1) is 0 Å². The Morgan fingerprint density at radius 1 is 0.620 bits per heavy atom. The highest BCUT2D eigenvalue weighted by molar-refractivity contribution is 5.89. The van der Waals surface area contributed by atoms with E-state index in [1.165, 1.54) is 6.07 Å². The van der Waals surface area contributed by atoms with Crippen molar-refractivity contribution in [1.29, 1.82) is 0 Å². The minimum Gasteiger partial charge on any atom is -0.504 e. The zero-order valence-electron chi connectivity index (χ0n) is 27.5. The summed E-state index contributed by atoms with van der Waals surface area (Å²) in [5, 5.41) is 28.0. The summed E-state index contributed by atoms with van der Waals surface area (Å²) in [6.45, 7) is 0.529. The molecule has 0 spiro atoms. The number of benzene rings is 4. The largest absolute Gasteiger partial charge is 0.504 e. The molecule has 0 aliphatic heterocycles. The standard InChI is InChI=1S/C38H41N3O9/c42-33-20-19-30(23-34(33)48-24-27-12-4-1-5-13-27)22-32(41-38(47)50-26-29-16-8-3-9-17-29)35(43)40-31(36(44)45)18-10-11-21-39-37(46)49-25-28-14-6-2-7-15-28/h1-9,12-17,19-20,23,31-32,42H,10-11,18,21-22,24-26H2,(H,39,46)(H,40,43)(H,41,47)(H,44,45)/t31-,32-/m0/s1. The van der Waals surface area contributed by atoms with Crippen molar-refractivity contribution in [3.05, 3.63) is 131 Å². The summed E-state index contributed by atoms with van der Waals surface area (Å²) in [6, 6.07) is 29.7. The average Bonchev–Trinajstić information content (AvgIpc) is 3.13. The fraction of sp³-hybridized carbons (Fsp3) is 0.263. The summed E-state index contributed by atoms with van der Waals surface area (Å²) in [7, 11) is 0. The maximum Gasteiger partial charge on any atom is 0.408 e. The third kappa shape index (κ3) is 12.9. The van der Waals surface area contributed by atoms with E-state index >= 15 is 0 Å². The molecule has 0 fully saturated rings. The molecule has 3 amide bonds. The molecular formula is C38H41N3O9. The van der Waals surface area contributed by atoms with E-state index in [1.807, 2.05) is 66.7 Å². The highest BCUT2D eigenvalue weighted by Crippen LogP contribution is 2.28. The first-order chi connectivity index (χ1) is 24.3. The van der Waals surface area contributed by atoms with Gasteiger partial charge in [0, 0.05) is 13.0 Å². The number of carboxylic acids is 1. The molecule has 4 rings (SSSR count). The third-order valence-electron chi connectivity index (χ3n) is 7.54. The van der Waals surface area contributed by atoms with Crippen LogP contribution >= 0.6 is 0 Å². The molecule has 0 aromatic heterocycles. The van der Waals surface area contributed by atoms with E-state index in [-0.39, 0.29) is 50.7 Å². The van der Waals surface area contributed by atoms with E-state index in [4.69, 9.17) is 14.2 Å². The number of hydrogen-bond donors (Lipinski definition) is 5. The zero-order valence-corrected chi connectivity index (χ0v) is 27.5. The number of aliphatic carboxylic acids is 1. The van der Waals surface area contributed by atoms with E-state index in [0.717, 1.165) is 16.7 Å². The summed E-state index contributed by atoms with van der Waals surface area (Å²) in [4.78, 5) is 50.4. The van der Waals surface area contributed by atoms with Crippen LogP contribution in [-0.4, -0.2) is 52.9 Å². The number of alkyl carbamates (subject to hydrolysis) is 2. The van der Waals surface area contributed by atoms with Crippen LogP contribution in [-0.2, 0) is 45.3 Å². The molecule has 0 aliphatic carbocycles. The maximum absolute atomic E-state index is 13.5. The van der Waals surface area contributed by atoms with Gasteiger partial charge >= 0.3 is 18.2 Å². The molecule has 0 bridgehead atoms. The summed E-state index contributed by atoms with van der Waals surface area (Å²) in [5.74, 6) is -1.92. The number of phenolic OH excluding ortho intramolecular Hbond substituents is 1. The molecule has 262 valence electrons. The van der Waals surface area contributed by atoms with E-state index in [9.17, 15) is 29.4 Å². The van der Waals surface area contributed by atoms with Crippen molar-refractivity contribution >= 4 is 24.1 Å². The van der Waals surface area contributed by atoms with Crippen LogP contribution in [0, 0.1) is 0 Å². The number of rotatable bonds is 18. The number of amides is 3. The molecule has 5 N–H and O–H groups in total. The lowest BCUT2D eigenvalue weighted by Gasteiger charge is -2.22. The van der Waals surface area contributed by atoms with Crippen molar-refractivity contribution in [2.75, 3.05) is 6.54 Å². The number of unbranched alkanes of at least 4 members (excludes halogenated alkanes) is 1.